The number of hydrogen-bond donors (Lipinski definition) is 3. The smallest absolute Gasteiger partial charge is 0.314 e. The number of anilines is 1. The van der Waals surface area contributed by atoms with E-state index in [1.807, 2.05) is 24.4 Å². The van der Waals surface area contributed by atoms with Gasteiger partial charge in [-0.3, -0.25) is 14.9 Å². The Kier molecular flexibility index (Phi) is 4.52. The van der Waals surface area contributed by atoms with Crippen molar-refractivity contribution < 1.29 is 14.1 Å². The maximum absolute atomic E-state index is 11.8. The van der Waals surface area contributed by atoms with E-state index in [9.17, 15) is 9.59 Å². The number of hydrogen-bond acceptors (Lipinski definition) is 4. The van der Waals surface area contributed by atoms with Gasteiger partial charge in [0, 0.05) is 34.7 Å². The van der Waals surface area contributed by atoms with Crippen LogP contribution in [0.5, 0.6) is 0 Å². The molecule has 0 saturated heterocycles. The Morgan fingerprint density at radius 1 is 1.29 bits per heavy atom. The number of rotatable bonds is 4. The first-order valence-electron chi connectivity index (χ1n) is 7.31. The fourth-order valence-corrected chi connectivity index (χ4v) is 2.52. The highest BCUT2D eigenvalue weighted by Crippen LogP contribution is 2.22. The lowest BCUT2D eigenvalue weighted by Gasteiger charge is -2.04. The summed E-state index contributed by atoms with van der Waals surface area (Å²) in [7, 11) is 0. The number of nitrogens with one attached hydrogen (secondary N) is 3. The van der Waals surface area contributed by atoms with Gasteiger partial charge >= 0.3 is 11.8 Å². The number of amides is 2. The van der Waals surface area contributed by atoms with E-state index in [4.69, 9.17) is 16.1 Å². The van der Waals surface area contributed by atoms with E-state index in [2.05, 4.69) is 20.8 Å². The van der Waals surface area contributed by atoms with E-state index in [1.165, 1.54) is 6.07 Å². The summed E-state index contributed by atoms with van der Waals surface area (Å²) in [6, 6.07) is 7.10. The molecule has 0 aliphatic heterocycles. The van der Waals surface area contributed by atoms with Crippen molar-refractivity contribution in [3.63, 3.8) is 0 Å². The molecule has 8 heteroatoms. The molecule has 0 unspecified atom stereocenters. The molecular formula is C16H15ClN4O3. The molecule has 0 aliphatic carbocycles. The van der Waals surface area contributed by atoms with Gasteiger partial charge in [-0.05, 0) is 37.1 Å². The molecule has 3 rings (SSSR count). The topological polar surface area (TPSA) is 100 Å². The van der Waals surface area contributed by atoms with Crippen molar-refractivity contribution in [2.24, 2.45) is 0 Å². The number of benzene rings is 1. The molecular weight excluding hydrogens is 332 g/mol. The number of carbonyl (C=O) groups is 2. The largest absolute Gasteiger partial charge is 0.361 e. The number of fused-ring (bicyclic) bond motifs is 1. The Bertz CT molecular complexity index is 900. The third-order valence-corrected chi connectivity index (χ3v) is 3.72. The lowest BCUT2D eigenvalue weighted by atomic mass is 10.1. The minimum Gasteiger partial charge on any atom is -0.361 e. The van der Waals surface area contributed by atoms with Crippen molar-refractivity contribution in [1.29, 1.82) is 0 Å². The molecule has 124 valence electrons. The summed E-state index contributed by atoms with van der Waals surface area (Å²) >= 11 is 6.00. The summed E-state index contributed by atoms with van der Waals surface area (Å²) in [5, 5.41) is 10.2. The predicted molar refractivity (Wildman–Crippen MR) is 89.9 cm³/mol. The zero-order chi connectivity index (χ0) is 17.1. The Morgan fingerprint density at radius 2 is 2.12 bits per heavy atom. The van der Waals surface area contributed by atoms with Crippen LogP contribution in [0.2, 0.25) is 5.02 Å². The van der Waals surface area contributed by atoms with E-state index in [0.29, 0.717) is 23.7 Å². The zero-order valence-corrected chi connectivity index (χ0v) is 13.6. The average molecular weight is 347 g/mol. The maximum atomic E-state index is 11.8. The number of aromatic nitrogens is 2. The van der Waals surface area contributed by atoms with Crippen LogP contribution in [0.15, 0.2) is 35.0 Å². The van der Waals surface area contributed by atoms with Crippen LogP contribution in [0.3, 0.4) is 0 Å². The summed E-state index contributed by atoms with van der Waals surface area (Å²) in [6.45, 7) is 2.01. The molecule has 7 nitrogen and oxygen atoms in total. The van der Waals surface area contributed by atoms with Gasteiger partial charge in [-0.25, -0.2) is 0 Å². The van der Waals surface area contributed by atoms with Crippen LogP contribution in [-0.4, -0.2) is 28.5 Å². The second-order valence-electron chi connectivity index (χ2n) is 5.29. The van der Waals surface area contributed by atoms with Crippen LogP contribution in [0.4, 0.5) is 5.82 Å². The molecule has 3 N–H and O–H groups in total. The van der Waals surface area contributed by atoms with Crippen molar-refractivity contribution in [3.8, 4) is 0 Å². The standard InChI is InChI=1S/C16H15ClN4O3/c1-9-6-14(21-24-9)20-16(23)15(22)18-5-4-10-8-19-13-3-2-11(17)7-12(10)13/h2-3,6-8,19H,4-5H2,1H3,(H,18,22)(H,20,21,23). The molecule has 2 amide bonds. The predicted octanol–water partition coefficient (Wildman–Crippen LogP) is 2.42. The highest BCUT2D eigenvalue weighted by atomic mass is 35.5. The van der Waals surface area contributed by atoms with E-state index in [0.717, 1.165) is 16.5 Å². The first kappa shape index (κ1) is 16.1. The van der Waals surface area contributed by atoms with E-state index >= 15 is 0 Å². The van der Waals surface area contributed by atoms with Gasteiger partial charge in [-0.15, -0.1) is 0 Å². The molecule has 24 heavy (non-hydrogen) atoms. The van der Waals surface area contributed by atoms with Gasteiger partial charge < -0.3 is 14.8 Å². The van der Waals surface area contributed by atoms with E-state index in [1.54, 1.807) is 6.92 Å². The number of nitrogens with zero attached hydrogens (tertiary/aromatic N) is 1. The van der Waals surface area contributed by atoms with Gasteiger partial charge in [0.2, 0.25) is 0 Å². The SMILES string of the molecule is Cc1cc(NC(=O)C(=O)NCCc2c[nH]c3ccc(Cl)cc23)no1. The first-order chi connectivity index (χ1) is 11.5. The maximum Gasteiger partial charge on any atom is 0.314 e. The molecule has 0 aliphatic rings. The minimum absolute atomic E-state index is 0.207. The number of carbonyl (C=O) groups excluding carboxylic acids is 2. The molecule has 2 aromatic heterocycles. The van der Waals surface area contributed by atoms with Crippen LogP contribution in [-0.2, 0) is 16.0 Å². The minimum atomic E-state index is -0.787. The van der Waals surface area contributed by atoms with Gasteiger partial charge in [0.25, 0.3) is 0 Å². The fraction of sp³-hybridized carbons (Fsp3) is 0.188. The van der Waals surface area contributed by atoms with Gasteiger partial charge in [0.15, 0.2) is 5.82 Å². The second-order valence-corrected chi connectivity index (χ2v) is 5.72. The lowest BCUT2D eigenvalue weighted by Crippen LogP contribution is -2.36. The highest BCUT2D eigenvalue weighted by Gasteiger charge is 2.15. The van der Waals surface area contributed by atoms with Crippen molar-refractivity contribution in [3.05, 3.63) is 46.8 Å². The Hall–Kier alpha value is -2.80. The van der Waals surface area contributed by atoms with Crippen molar-refractivity contribution >= 4 is 40.1 Å². The molecule has 0 fully saturated rings. The van der Waals surface area contributed by atoms with Gasteiger partial charge in [0.1, 0.15) is 5.76 Å². The molecule has 0 spiro atoms. The Labute approximate surface area is 142 Å². The summed E-state index contributed by atoms with van der Waals surface area (Å²) in [5.41, 5.74) is 1.99. The highest BCUT2D eigenvalue weighted by molar-refractivity contribution is 6.39. The number of halogens is 1. The van der Waals surface area contributed by atoms with Crippen LogP contribution in [0.1, 0.15) is 11.3 Å². The van der Waals surface area contributed by atoms with Gasteiger partial charge in [-0.1, -0.05) is 16.8 Å². The van der Waals surface area contributed by atoms with Gasteiger partial charge in [0.05, 0.1) is 0 Å². The molecule has 0 radical (unpaired) electrons. The summed E-state index contributed by atoms with van der Waals surface area (Å²) in [5.74, 6) is -0.763. The van der Waals surface area contributed by atoms with Crippen LogP contribution in [0.25, 0.3) is 10.9 Å². The monoisotopic (exact) mass is 346 g/mol. The normalized spacial score (nSPS) is 10.8. The zero-order valence-electron chi connectivity index (χ0n) is 12.9. The summed E-state index contributed by atoms with van der Waals surface area (Å²) in [6.07, 6.45) is 2.44. The fourth-order valence-electron chi connectivity index (χ4n) is 2.35. The van der Waals surface area contributed by atoms with Crippen LogP contribution < -0.4 is 10.6 Å². The Balaban J connectivity index is 1.54. The second kappa shape index (κ2) is 6.76. The van der Waals surface area contributed by atoms with Crippen molar-refractivity contribution in [2.75, 3.05) is 11.9 Å². The number of H-pyrrole nitrogens is 1. The van der Waals surface area contributed by atoms with Crippen molar-refractivity contribution in [1.82, 2.24) is 15.5 Å². The molecule has 1 aromatic carbocycles. The molecule has 0 atom stereocenters. The van der Waals surface area contributed by atoms with Crippen LogP contribution >= 0.6 is 11.6 Å². The molecule has 2 heterocycles. The Morgan fingerprint density at radius 3 is 2.88 bits per heavy atom. The average Bonchev–Trinajstić information content (AvgIpc) is 3.13. The van der Waals surface area contributed by atoms with Gasteiger partial charge in [-0.2, -0.15) is 0 Å². The third kappa shape index (κ3) is 3.57. The lowest BCUT2D eigenvalue weighted by molar-refractivity contribution is -0.136. The number of aromatic amines is 1. The summed E-state index contributed by atoms with van der Waals surface area (Å²) in [4.78, 5) is 26.7. The molecule has 0 saturated carbocycles. The van der Waals surface area contributed by atoms with E-state index in [-0.39, 0.29) is 5.82 Å². The van der Waals surface area contributed by atoms with Crippen molar-refractivity contribution in [2.45, 2.75) is 13.3 Å². The molecule has 3 aromatic rings. The quantitative estimate of drug-likeness (QED) is 0.631. The number of aryl methyl sites for hydroxylation is 1. The van der Waals surface area contributed by atoms with E-state index < -0.39 is 11.8 Å². The third-order valence-electron chi connectivity index (χ3n) is 3.49. The molecule has 0 bridgehead atoms. The van der Waals surface area contributed by atoms with Crippen LogP contribution in [0, 0.1) is 6.92 Å². The first-order valence-corrected chi connectivity index (χ1v) is 7.69. The summed E-state index contributed by atoms with van der Waals surface area (Å²) < 4.78 is 4.82.